The molecule has 8 heteroatoms. The molecule has 0 saturated heterocycles. The van der Waals surface area contributed by atoms with Crippen molar-refractivity contribution in [2.45, 2.75) is 13.8 Å². The van der Waals surface area contributed by atoms with Gasteiger partial charge in [0, 0.05) is 33.3 Å². The van der Waals surface area contributed by atoms with Gasteiger partial charge in [0.2, 0.25) is 0 Å². The molecule has 0 heterocycles. The Balaban J connectivity index is 0.000000198. The average Bonchev–Trinajstić information content (AvgIpc) is 3.35. The molecule has 0 aliphatic rings. The van der Waals surface area contributed by atoms with Gasteiger partial charge in [0.1, 0.15) is 0 Å². The van der Waals surface area contributed by atoms with E-state index in [1.807, 2.05) is 0 Å². The van der Waals surface area contributed by atoms with Crippen molar-refractivity contribution >= 4 is 83.4 Å². The van der Waals surface area contributed by atoms with Gasteiger partial charge in [-0.1, -0.05) is 273 Å². The number of benzene rings is 9. The van der Waals surface area contributed by atoms with Crippen molar-refractivity contribution in [1.82, 2.24) is 0 Å². The molecule has 9 aromatic carbocycles. The van der Waals surface area contributed by atoms with E-state index in [2.05, 4.69) is 273 Å². The van der Waals surface area contributed by atoms with Gasteiger partial charge in [0.25, 0.3) is 11.9 Å². The van der Waals surface area contributed by atoms with Gasteiger partial charge in [0.15, 0.2) is 0 Å². The Morgan fingerprint density at radius 2 is 0.318 bits per heavy atom. The van der Waals surface area contributed by atoms with Crippen molar-refractivity contribution in [3.05, 3.63) is 273 Å². The second kappa shape index (κ2) is 30.1. The first-order valence-electron chi connectivity index (χ1n) is 21.1. The molecule has 0 radical (unpaired) electrons. The van der Waals surface area contributed by atoms with Crippen LogP contribution >= 0.6 is 23.8 Å². The van der Waals surface area contributed by atoms with E-state index in [1.165, 1.54) is 47.7 Å². The summed E-state index contributed by atoms with van der Waals surface area (Å²) in [5, 5.41) is 27.4. The molecule has 0 aliphatic heterocycles. The largest absolute Gasteiger partial charge is 0.481 e. The number of carboxylic acid groups (broad SMARTS) is 2. The van der Waals surface area contributed by atoms with Crippen molar-refractivity contribution < 1.29 is 39.3 Å². The topological polar surface area (TPSA) is 74.6 Å². The van der Waals surface area contributed by atoms with Crippen LogP contribution in [0.15, 0.2) is 273 Å². The summed E-state index contributed by atoms with van der Waals surface area (Å²) in [4.78, 5) is 18.0. The Morgan fingerprint density at radius 3 is 0.394 bits per heavy atom. The Morgan fingerprint density at radius 1 is 0.242 bits per heavy atom. The Kier molecular flexibility index (Phi) is 23.9. The van der Waals surface area contributed by atoms with Gasteiger partial charge >= 0.3 is 0 Å². The molecule has 332 valence electrons. The zero-order valence-electron chi connectivity index (χ0n) is 36.9. The van der Waals surface area contributed by atoms with Crippen LogP contribution in [0.4, 0.5) is 0 Å². The van der Waals surface area contributed by atoms with Gasteiger partial charge in [0.05, 0.1) is 0 Å². The zero-order chi connectivity index (χ0) is 45.9. The number of rotatable bonds is 9. The van der Waals surface area contributed by atoms with Gasteiger partial charge in [-0.05, 0) is 71.5 Å². The first-order valence-corrected chi connectivity index (χ1v) is 25.1. The third-order valence-corrected chi connectivity index (χ3v) is 16.5. The molecule has 0 aliphatic carbocycles. The molecular weight excluding hydrogens is 955 g/mol. The monoisotopic (exact) mass is 1010 g/mol. The number of hydrogen-bond donors (Lipinski definition) is 2. The van der Waals surface area contributed by atoms with Gasteiger partial charge < -0.3 is 10.2 Å². The van der Waals surface area contributed by atoms with Crippen molar-refractivity contribution in [2.24, 2.45) is 0 Å². The molecule has 0 aromatic heterocycles. The summed E-state index contributed by atoms with van der Waals surface area (Å²) in [5.41, 5.74) is 0. The number of carbonyl (C=O) groups is 2. The van der Waals surface area contributed by atoms with E-state index in [0.717, 1.165) is 13.8 Å². The molecular formula is C58H53O4P3Ru. The van der Waals surface area contributed by atoms with Gasteiger partial charge in [-0.25, -0.2) is 0 Å². The van der Waals surface area contributed by atoms with Crippen LogP contribution in [-0.4, -0.2) is 22.2 Å². The minimum absolute atomic E-state index is 0. The maximum Gasteiger partial charge on any atom is 0.300 e. The predicted molar refractivity (Wildman–Crippen MR) is 282 cm³/mol. The van der Waals surface area contributed by atoms with Crippen molar-refractivity contribution in [3.63, 3.8) is 0 Å². The Hall–Kier alpha value is -6.17. The van der Waals surface area contributed by atoms with Crippen LogP contribution in [0, 0.1) is 0 Å². The van der Waals surface area contributed by atoms with E-state index >= 15 is 0 Å². The summed E-state index contributed by atoms with van der Waals surface area (Å²) in [6.45, 7) is 2.17. The minimum Gasteiger partial charge on any atom is -0.481 e. The van der Waals surface area contributed by atoms with Crippen LogP contribution in [0.1, 0.15) is 13.8 Å². The number of carboxylic acids is 2. The summed E-state index contributed by atoms with van der Waals surface area (Å²) < 4.78 is 0. The fourth-order valence-electron chi connectivity index (χ4n) is 6.54. The second-order valence-electron chi connectivity index (χ2n) is 14.1. The Bertz CT molecular complexity index is 2070. The van der Waals surface area contributed by atoms with Crippen LogP contribution in [0.3, 0.4) is 0 Å². The maximum atomic E-state index is 9.00. The third-order valence-electron chi connectivity index (χ3n) is 9.13. The van der Waals surface area contributed by atoms with Crippen molar-refractivity contribution in [3.8, 4) is 0 Å². The van der Waals surface area contributed by atoms with Crippen molar-refractivity contribution in [1.29, 1.82) is 0 Å². The molecule has 9 aromatic rings. The summed E-state index contributed by atoms with van der Waals surface area (Å²) in [5.74, 6) is -1.67. The van der Waals surface area contributed by atoms with E-state index in [4.69, 9.17) is 19.8 Å². The molecule has 0 amide bonds. The van der Waals surface area contributed by atoms with E-state index in [0.29, 0.717) is 0 Å². The molecule has 0 bridgehead atoms. The zero-order valence-corrected chi connectivity index (χ0v) is 41.3. The number of aliphatic carboxylic acids is 2. The average molecular weight is 1010 g/mol. The Labute approximate surface area is 407 Å². The normalized spacial score (nSPS) is 9.89. The predicted octanol–water partition coefficient (Wildman–Crippen LogP) is 10.5. The molecule has 9 rings (SSSR count). The van der Waals surface area contributed by atoms with Gasteiger partial charge in [-0.3, -0.25) is 9.59 Å². The van der Waals surface area contributed by atoms with Crippen LogP contribution in [0.2, 0.25) is 0 Å². The number of hydrogen-bond acceptors (Lipinski definition) is 2. The third kappa shape index (κ3) is 18.0. The van der Waals surface area contributed by atoms with E-state index in [1.54, 1.807) is 0 Å². The summed E-state index contributed by atoms with van der Waals surface area (Å²) in [6.07, 6.45) is 0. The molecule has 2 N–H and O–H groups in total. The molecule has 0 saturated carbocycles. The van der Waals surface area contributed by atoms with E-state index in [9.17, 15) is 0 Å². The van der Waals surface area contributed by atoms with Crippen molar-refractivity contribution in [2.75, 3.05) is 0 Å². The fourth-order valence-corrected chi connectivity index (χ4v) is 13.5. The van der Waals surface area contributed by atoms with Gasteiger partial charge in [-0.2, -0.15) is 0 Å². The standard InChI is InChI=1S/3C18H15P.2C2H4O2.Ru/c3*1-4-10-16(11-5-1)19(17-12-6-2-7-13-17)18-14-8-3-9-15-18;2*1-2(3)4;/h3*1-15H;2*1H3,(H,3,4);. The van der Waals surface area contributed by atoms with E-state index < -0.39 is 35.7 Å². The van der Waals surface area contributed by atoms with Crippen LogP contribution in [-0.2, 0) is 29.1 Å². The second-order valence-corrected chi connectivity index (χ2v) is 20.7. The SMILES string of the molecule is CC(=O)O.CC(=O)O.[Ru].c1ccc(P(c2ccccc2)c2ccccc2)cc1.c1ccc(P(c2ccccc2)c2ccccc2)cc1.c1ccc(P(c2ccccc2)c2ccccc2)cc1. The molecule has 66 heavy (non-hydrogen) atoms. The molecule has 0 atom stereocenters. The summed E-state index contributed by atoms with van der Waals surface area (Å²) >= 11 is 0. The van der Waals surface area contributed by atoms with Crippen LogP contribution in [0.5, 0.6) is 0 Å². The quantitative estimate of drug-likeness (QED) is 0.112. The molecule has 0 fully saturated rings. The van der Waals surface area contributed by atoms with Crippen LogP contribution < -0.4 is 47.7 Å². The van der Waals surface area contributed by atoms with Crippen LogP contribution in [0.25, 0.3) is 0 Å². The van der Waals surface area contributed by atoms with Gasteiger partial charge in [-0.15, -0.1) is 0 Å². The minimum atomic E-state index is -0.833. The molecule has 0 spiro atoms. The summed E-state index contributed by atoms with van der Waals surface area (Å²) in [7, 11) is -1.34. The maximum absolute atomic E-state index is 9.00. The first-order chi connectivity index (χ1) is 31.8. The molecule has 0 unspecified atom stereocenters. The summed E-state index contributed by atoms with van der Waals surface area (Å²) in [6, 6.07) is 97.0. The smallest absolute Gasteiger partial charge is 0.300 e. The molecule has 4 nitrogen and oxygen atoms in total. The fraction of sp³-hybridized carbons (Fsp3) is 0.0345. The first kappa shape index (κ1) is 52.5. The van der Waals surface area contributed by atoms with E-state index in [-0.39, 0.29) is 19.5 Å².